The van der Waals surface area contributed by atoms with Crippen LogP contribution < -0.4 is 5.56 Å². The molecule has 1 aliphatic rings. The van der Waals surface area contributed by atoms with Crippen molar-refractivity contribution < 1.29 is 9.90 Å². The van der Waals surface area contributed by atoms with Crippen molar-refractivity contribution in [2.75, 3.05) is 13.1 Å². The lowest BCUT2D eigenvalue weighted by atomic mass is 10.1. The Morgan fingerprint density at radius 3 is 3.19 bits per heavy atom. The average molecular weight is 307 g/mol. The van der Waals surface area contributed by atoms with Crippen LogP contribution in [0.5, 0.6) is 0 Å². The highest BCUT2D eigenvalue weighted by molar-refractivity contribution is 7.16. The molecule has 0 aromatic carbocycles. The number of hydrogen-bond acceptors (Lipinski definition) is 5. The predicted molar refractivity (Wildman–Crippen MR) is 80.3 cm³/mol. The summed E-state index contributed by atoms with van der Waals surface area (Å²) in [6.45, 7) is 1.41. The highest BCUT2D eigenvalue weighted by Gasteiger charge is 2.21. The van der Waals surface area contributed by atoms with Gasteiger partial charge in [0.25, 0.3) is 5.56 Å². The van der Waals surface area contributed by atoms with E-state index in [1.807, 2.05) is 5.38 Å². The summed E-state index contributed by atoms with van der Waals surface area (Å²) in [7, 11) is 0. The number of carbonyl (C=O) groups is 1. The van der Waals surface area contributed by atoms with Gasteiger partial charge in [-0.1, -0.05) is 0 Å². The van der Waals surface area contributed by atoms with E-state index in [-0.39, 0.29) is 17.9 Å². The molecule has 1 saturated heterocycles. The van der Waals surface area contributed by atoms with Crippen LogP contribution in [-0.4, -0.2) is 44.7 Å². The second-order valence-electron chi connectivity index (χ2n) is 5.27. The van der Waals surface area contributed by atoms with Crippen LogP contribution in [0.3, 0.4) is 0 Å². The van der Waals surface area contributed by atoms with E-state index in [1.54, 1.807) is 11.0 Å². The third-order valence-corrected chi connectivity index (χ3v) is 4.59. The third-order valence-electron chi connectivity index (χ3n) is 3.77. The molecule has 1 aliphatic heterocycles. The van der Waals surface area contributed by atoms with Crippen molar-refractivity contribution in [2.45, 2.75) is 31.9 Å². The molecule has 21 heavy (non-hydrogen) atoms. The highest BCUT2D eigenvalue weighted by Crippen LogP contribution is 2.14. The Morgan fingerprint density at radius 1 is 1.52 bits per heavy atom. The summed E-state index contributed by atoms with van der Waals surface area (Å²) in [5, 5.41) is 12.0. The van der Waals surface area contributed by atoms with Crippen molar-refractivity contribution >= 4 is 27.5 Å². The average Bonchev–Trinajstić information content (AvgIpc) is 2.95. The van der Waals surface area contributed by atoms with Gasteiger partial charge in [0.15, 0.2) is 0 Å². The smallest absolute Gasteiger partial charge is 0.262 e. The monoisotopic (exact) mass is 307 g/mol. The summed E-state index contributed by atoms with van der Waals surface area (Å²) in [4.78, 5) is 30.9. The molecule has 1 atom stereocenters. The number of β-amino-alcohol motifs (C(OH)–C–C–N with tert-alkyl or cyclic N) is 1. The van der Waals surface area contributed by atoms with E-state index in [0.717, 1.165) is 17.7 Å². The maximum absolute atomic E-state index is 12.2. The standard InChI is InChI=1S/C14H17N3O3S/c18-10-2-1-5-16(8-10)12(19)3-6-17-9-15-13-11(14(17)20)4-7-21-13/h4,7,9-10,18H,1-3,5-6,8H2. The lowest BCUT2D eigenvalue weighted by molar-refractivity contribution is -0.134. The van der Waals surface area contributed by atoms with E-state index >= 15 is 0 Å². The van der Waals surface area contributed by atoms with Gasteiger partial charge >= 0.3 is 0 Å². The molecular formula is C14H17N3O3S. The van der Waals surface area contributed by atoms with Gasteiger partial charge in [0.2, 0.25) is 5.91 Å². The van der Waals surface area contributed by atoms with Gasteiger partial charge in [-0.05, 0) is 24.3 Å². The molecule has 2 aromatic heterocycles. The van der Waals surface area contributed by atoms with Crippen LogP contribution >= 0.6 is 11.3 Å². The fourth-order valence-electron chi connectivity index (χ4n) is 2.61. The molecule has 7 heteroatoms. The first-order valence-corrected chi connectivity index (χ1v) is 7.91. The Kier molecular flexibility index (Phi) is 4.03. The molecule has 1 amide bonds. The molecule has 2 aromatic rings. The zero-order valence-corrected chi connectivity index (χ0v) is 12.4. The Morgan fingerprint density at radius 2 is 2.38 bits per heavy atom. The number of thiophene rings is 1. The quantitative estimate of drug-likeness (QED) is 0.911. The molecule has 0 aliphatic carbocycles. The van der Waals surface area contributed by atoms with Crippen LogP contribution in [0.1, 0.15) is 19.3 Å². The van der Waals surface area contributed by atoms with Crippen molar-refractivity contribution in [3.8, 4) is 0 Å². The molecule has 3 heterocycles. The van der Waals surface area contributed by atoms with E-state index in [2.05, 4.69) is 4.98 Å². The van der Waals surface area contributed by atoms with Gasteiger partial charge in [-0.3, -0.25) is 14.2 Å². The second-order valence-corrected chi connectivity index (χ2v) is 6.16. The Bertz CT molecular complexity index is 709. The summed E-state index contributed by atoms with van der Waals surface area (Å²) in [6, 6.07) is 1.76. The number of aryl methyl sites for hydroxylation is 1. The number of hydrogen-bond donors (Lipinski definition) is 1. The van der Waals surface area contributed by atoms with E-state index in [1.165, 1.54) is 22.2 Å². The first kappa shape index (κ1) is 14.2. The lowest BCUT2D eigenvalue weighted by Gasteiger charge is -2.30. The number of amides is 1. The fourth-order valence-corrected chi connectivity index (χ4v) is 3.33. The largest absolute Gasteiger partial charge is 0.391 e. The van der Waals surface area contributed by atoms with Crippen LogP contribution in [0, 0.1) is 0 Å². The first-order valence-electron chi connectivity index (χ1n) is 7.03. The van der Waals surface area contributed by atoms with Crippen LogP contribution in [0.25, 0.3) is 10.2 Å². The van der Waals surface area contributed by atoms with Gasteiger partial charge in [0.05, 0.1) is 17.8 Å². The summed E-state index contributed by atoms with van der Waals surface area (Å²) in [6.07, 6.45) is 2.91. The molecule has 1 unspecified atom stereocenters. The zero-order chi connectivity index (χ0) is 14.8. The van der Waals surface area contributed by atoms with Crippen LogP contribution in [-0.2, 0) is 11.3 Å². The summed E-state index contributed by atoms with van der Waals surface area (Å²) in [5.74, 6) is -0.0222. The second kappa shape index (κ2) is 5.95. The molecule has 0 bridgehead atoms. The fraction of sp³-hybridized carbons (Fsp3) is 0.500. The number of rotatable bonds is 3. The lowest BCUT2D eigenvalue weighted by Crippen LogP contribution is -2.42. The van der Waals surface area contributed by atoms with Crippen LogP contribution in [0.15, 0.2) is 22.6 Å². The van der Waals surface area contributed by atoms with Crippen LogP contribution in [0.2, 0.25) is 0 Å². The molecular weight excluding hydrogens is 290 g/mol. The number of aromatic nitrogens is 2. The zero-order valence-electron chi connectivity index (χ0n) is 11.6. The summed E-state index contributed by atoms with van der Waals surface area (Å²) in [5.41, 5.74) is -0.104. The molecule has 0 spiro atoms. The van der Waals surface area contributed by atoms with Gasteiger partial charge in [0.1, 0.15) is 4.83 Å². The molecule has 3 rings (SSSR count). The molecule has 1 fully saturated rings. The summed E-state index contributed by atoms with van der Waals surface area (Å²) < 4.78 is 1.48. The predicted octanol–water partition coefficient (Wildman–Crippen LogP) is 0.831. The maximum atomic E-state index is 12.2. The minimum absolute atomic E-state index is 0.0222. The van der Waals surface area contributed by atoms with Gasteiger partial charge in [-0.25, -0.2) is 4.98 Å². The molecule has 6 nitrogen and oxygen atoms in total. The Balaban J connectivity index is 1.67. The highest BCUT2D eigenvalue weighted by atomic mass is 32.1. The molecule has 0 saturated carbocycles. The van der Waals surface area contributed by atoms with Crippen molar-refractivity contribution in [3.05, 3.63) is 28.1 Å². The number of likely N-dealkylation sites (tertiary alicyclic amines) is 1. The van der Waals surface area contributed by atoms with E-state index in [9.17, 15) is 14.7 Å². The van der Waals surface area contributed by atoms with E-state index in [0.29, 0.717) is 25.0 Å². The van der Waals surface area contributed by atoms with Crippen LogP contribution in [0.4, 0.5) is 0 Å². The molecule has 112 valence electrons. The molecule has 1 N–H and O–H groups in total. The topological polar surface area (TPSA) is 75.4 Å². The summed E-state index contributed by atoms with van der Waals surface area (Å²) >= 11 is 1.43. The SMILES string of the molecule is O=C(CCn1cnc2sccc2c1=O)N1CCCC(O)C1. The molecule has 0 radical (unpaired) electrons. The van der Waals surface area contributed by atoms with Gasteiger partial charge in [0, 0.05) is 26.1 Å². The minimum atomic E-state index is -0.422. The van der Waals surface area contributed by atoms with Gasteiger partial charge in [-0.15, -0.1) is 11.3 Å². The van der Waals surface area contributed by atoms with Crippen molar-refractivity contribution in [3.63, 3.8) is 0 Å². The van der Waals surface area contributed by atoms with Gasteiger partial charge < -0.3 is 10.0 Å². The van der Waals surface area contributed by atoms with Crippen molar-refractivity contribution in [1.29, 1.82) is 0 Å². The van der Waals surface area contributed by atoms with E-state index in [4.69, 9.17) is 0 Å². The number of nitrogens with zero attached hydrogens (tertiary/aromatic N) is 3. The number of aliphatic hydroxyl groups excluding tert-OH is 1. The van der Waals surface area contributed by atoms with Crippen molar-refractivity contribution in [1.82, 2.24) is 14.5 Å². The van der Waals surface area contributed by atoms with Crippen molar-refractivity contribution in [2.24, 2.45) is 0 Å². The normalized spacial score (nSPS) is 19.1. The Hall–Kier alpha value is -1.73. The maximum Gasteiger partial charge on any atom is 0.262 e. The number of fused-ring (bicyclic) bond motifs is 1. The minimum Gasteiger partial charge on any atom is -0.391 e. The Labute approximate surface area is 125 Å². The first-order chi connectivity index (χ1) is 10.1. The third kappa shape index (κ3) is 2.98. The van der Waals surface area contributed by atoms with Gasteiger partial charge in [-0.2, -0.15) is 0 Å². The number of aliphatic hydroxyl groups is 1. The van der Waals surface area contributed by atoms with E-state index < -0.39 is 6.10 Å². The number of piperidine rings is 1. The number of carbonyl (C=O) groups excluding carboxylic acids is 1.